The molecule has 0 aliphatic heterocycles. The van der Waals surface area contributed by atoms with Gasteiger partial charge in [-0.25, -0.2) is 0 Å². The molecule has 0 bridgehead atoms. The van der Waals surface area contributed by atoms with Crippen LogP contribution in [0, 0.1) is 6.92 Å². The first-order chi connectivity index (χ1) is 9.42. The van der Waals surface area contributed by atoms with Crippen molar-refractivity contribution >= 4 is 27.7 Å². The fraction of sp³-hybridized carbons (Fsp3) is 0.467. The van der Waals surface area contributed by atoms with Gasteiger partial charge in [-0.05, 0) is 44.0 Å². The minimum absolute atomic E-state index is 0.0370. The van der Waals surface area contributed by atoms with Crippen LogP contribution in [0.25, 0.3) is 0 Å². The van der Waals surface area contributed by atoms with Gasteiger partial charge in [-0.2, -0.15) is 0 Å². The molecule has 0 saturated heterocycles. The minimum Gasteiger partial charge on any atom is -0.354 e. The van der Waals surface area contributed by atoms with Crippen LogP contribution in [0.4, 0.5) is 0 Å². The molecule has 1 unspecified atom stereocenters. The number of hydrogen-bond acceptors (Lipinski definition) is 2. The number of nitrogens with one attached hydrogen (secondary N) is 2. The van der Waals surface area contributed by atoms with E-state index in [0.29, 0.717) is 18.5 Å². The lowest BCUT2D eigenvalue weighted by molar-refractivity contribution is -0.121. The quantitative estimate of drug-likeness (QED) is 0.836. The fourth-order valence-electron chi connectivity index (χ4n) is 1.71. The molecule has 0 aromatic heterocycles. The first kappa shape index (κ1) is 16.7. The molecule has 110 valence electrons. The van der Waals surface area contributed by atoms with Crippen LogP contribution in [0.3, 0.4) is 0 Å². The first-order valence-corrected chi connectivity index (χ1v) is 7.56. The van der Waals surface area contributed by atoms with Gasteiger partial charge < -0.3 is 10.6 Å². The molecule has 0 heterocycles. The predicted octanol–water partition coefficient (Wildman–Crippen LogP) is 2.79. The maximum Gasteiger partial charge on any atom is 0.251 e. The summed E-state index contributed by atoms with van der Waals surface area (Å²) in [4.78, 5) is 23.5. The van der Waals surface area contributed by atoms with Gasteiger partial charge in [-0.3, -0.25) is 9.59 Å². The molecule has 0 radical (unpaired) electrons. The molecule has 1 atom stereocenters. The number of halogens is 1. The minimum atomic E-state index is -0.161. The Balaban J connectivity index is 2.42. The van der Waals surface area contributed by atoms with Gasteiger partial charge in [0, 0.05) is 29.0 Å². The second-order valence-electron chi connectivity index (χ2n) is 4.90. The number of carbonyl (C=O) groups is 2. The molecule has 5 heteroatoms. The lowest BCUT2D eigenvalue weighted by Crippen LogP contribution is -2.35. The highest BCUT2D eigenvalue weighted by atomic mass is 79.9. The number of amides is 2. The van der Waals surface area contributed by atoms with Crippen molar-refractivity contribution in [3.63, 3.8) is 0 Å². The maximum atomic E-state index is 11.9. The van der Waals surface area contributed by atoms with Crippen molar-refractivity contribution in [2.75, 3.05) is 6.54 Å². The Labute approximate surface area is 128 Å². The Bertz CT molecular complexity index is 469. The third kappa shape index (κ3) is 5.74. The zero-order valence-corrected chi connectivity index (χ0v) is 13.7. The summed E-state index contributed by atoms with van der Waals surface area (Å²) < 4.78 is 0.872. The molecule has 20 heavy (non-hydrogen) atoms. The molecule has 2 N–H and O–H groups in total. The molecule has 4 nitrogen and oxygen atoms in total. The number of hydrogen-bond donors (Lipinski definition) is 2. The Kier molecular flexibility index (Phi) is 6.71. The van der Waals surface area contributed by atoms with Crippen molar-refractivity contribution in [3.05, 3.63) is 33.8 Å². The van der Waals surface area contributed by atoms with E-state index in [1.165, 1.54) is 0 Å². The molecule has 2 amide bonds. The normalized spacial score (nSPS) is 11.8. The highest BCUT2D eigenvalue weighted by Crippen LogP contribution is 2.15. The van der Waals surface area contributed by atoms with E-state index in [2.05, 4.69) is 26.6 Å². The monoisotopic (exact) mass is 340 g/mol. The molecule has 0 aliphatic carbocycles. The van der Waals surface area contributed by atoms with E-state index in [1.54, 1.807) is 6.07 Å². The van der Waals surface area contributed by atoms with Crippen LogP contribution in [-0.2, 0) is 4.79 Å². The summed E-state index contributed by atoms with van der Waals surface area (Å²) in [7, 11) is 0. The van der Waals surface area contributed by atoms with Crippen LogP contribution in [0.1, 0.15) is 42.6 Å². The standard InChI is InChI=1S/C15H21BrN2O2/c1-4-11(3)18-14(19)5-6-17-15(20)12-7-10(2)8-13(16)9-12/h7-9,11H,4-6H2,1-3H3,(H,17,20)(H,18,19). The zero-order chi connectivity index (χ0) is 15.1. The van der Waals surface area contributed by atoms with Crippen LogP contribution in [0.5, 0.6) is 0 Å². The molecule has 1 aromatic carbocycles. The van der Waals surface area contributed by atoms with Gasteiger partial charge in [0.1, 0.15) is 0 Å². The van der Waals surface area contributed by atoms with Crippen LogP contribution in [0.15, 0.2) is 22.7 Å². The summed E-state index contributed by atoms with van der Waals surface area (Å²) in [6.07, 6.45) is 1.19. The first-order valence-electron chi connectivity index (χ1n) is 6.77. The van der Waals surface area contributed by atoms with Crippen molar-refractivity contribution in [1.29, 1.82) is 0 Å². The van der Waals surface area contributed by atoms with Gasteiger partial charge >= 0.3 is 0 Å². The van der Waals surface area contributed by atoms with Crippen molar-refractivity contribution in [2.24, 2.45) is 0 Å². The average molecular weight is 341 g/mol. The summed E-state index contributed by atoms with van der Waals surface area (Å²) in [5.41, 5.74) is 1.61. The van der Waals surface area contributed by atoms with Gasteiger partial charge in [0.2, 0.25) is 5.91 Å². The third-order valence-corrected chi connectivity index (χ3v) is 3.42. The second-order valence-corrected chi connectivity index (χ2v) is 5.82. The SMILES string of the molecule is CCC(C)NC(=O)CCNC(=O)c1cc(C)cc(Br)c1. The van der Waals surface area contributed by atoms with Gasteiger partial charge in [-0.15, -0.1) is 0 Å². The number of carbonyl (C=O) groups excluding carboxylic acids is 2. The average Bonchev–Trinajstić information content (AvgIpc) is 2.37. The highest BCUT2D eigenvalue weighted by Gasteiger charge is 2.09. The van der Waals surface area contributed by atoms with Gasteiger partial charge in [0.15, 0.2) is 0 Å². The van der Waals surface area contributed by atoms with E-state index in [-0.39, 0.29) is 17.9 Å². The Morgan fingerprint density at radius 3 is 2.60 bits per heavy atom. The lowest BCUT2D eigenvalue weighted by atomic mass is 10.1. The van der Waals surface area contributed by atoms with Crippen LogP contribution < -0.4 is 10.6 Å². The van der Waals surface area contributed by atoms with Gasteiger partial charge in [-0.1, -0.05) is 22.9 Å². The van der Waals surface area contributed by atoms with E-state index in [0.717, 1.165) is 16.5 Å². The Hall–Kier alpha value is -1.36. The Morgan fingerprint density at radius 2 is 2.00 bits per heavy atom. The topological polar surface area (TPSA) is 58.2 Å². The maximum absolute atomic E-state index is 11.9. The number of aryl methyl sites for hydroxylation is 1. The van der Waals surface area contributed by atoms with Crippen LogP contribution >= 0.6 is 15.9 Å². The smallest absolute Gasteiger partial charge is 0.251 e. The molecule has 1 rings (SSSR count). The second kappa shape index (κ2) is 8.04. The molecular formula is C15H21BrN2O2. The Morgan fingerprint density at radius 1 is 1.30 bits per heavy atom. The molecule has 0 fully saturated rings. The van der Waals surface area contributed by atoms with Crippen LogP contribution in [-0.4, -0.2) is 24.4 Å². The summed E-state index contributed by atoms with van der Waals surface area (Å²) in [6.45, 7) is 6.25. The fourth-order valence-corrected chi connectivity index (χ4v) is 2.32. The van der Waals surface area contributed by atoms with Crippen molar-refractivity contribution in [2.45, 2.75) is 39.7 Å². The summed E-state index contributed by atoms with van der Waals surface area (Å²) in [5, 5.41) is 5.62. The van der Waals surface area contributed by atoms with Crippen molar-refractivity contribution < 1.29 is 9.59 Å². The summed E-state index contributed by atoms with van der Waals surface area (Å²) in [5.74, 6) is -0.198. The van der Waals surface area contributed by atoms with Gasteiger partial charge in [0.05, 0.1) is 0 Å². The predicted molar refractivity (Wildman–Crippen MR) is 83.7 cm³/mol. The van der Waals surface area contributed by atoms with Crippen molar-refractivity contribution in [1.82, 2.24) is 10.6 Å². The number of benzene rings is 1. The molecule has 0 spiro atoms. The number of rotatable bonds is 6. The molecule has 0 saturated carbocycles. The van der Waals surface area contributed by atoms with E-state index < -0.39 is 0 Å². The lowest BCUT2D eigenvalue weighted by Gasteiger charge is -2.11. The third-order valence-electron chi connectivity index (χ3n) is 2.96. The van der Waals surface area contributed by atoms with Gasteiger partial charge in [0.25, 0.3) is 5.91 Å². The van der Waals surface area contributed by atoms with E-state index in [4.69, 9.17) is 0 Å². The zero-order valence-electron chi connectivity index (χ0n) is 12.1. The van der Waals surface area contributed by atoms with E-state index in [1.807, 2.05) is 32.9 Å². The van der Waals surface area contributed by atoms with E-state index in [9.17, 15) is 9.59 Å². The van der Waals surface area contributed by atoms with Crippen molar-refractivity contribution in [3.8, 4) is 0 Å². The highest BCUT2D eigenvalue weighted by molar-refractivity contribution is 9.10. The molecular weight excluding hydrogens is 320 g/mol. The van der Waals surface area contributed by atoms with Crippen LogP contribution in [0.2, 0.25) is 0 Å². The largest absolute Gasteiger partial charge is 0.354 e. The molecule has 0 aliphatic rings. The summed E-state index contributed by atoms with van der Waals surface area (Å²) >= 11 is 3.36. The molecule has 1 aromatic rings. The summed E-state index contributed by atoms with van der Waals surface area (Å²) in [6, 6.07) is 5.70. The van der Waals surface area contributed by atoms with E-state index >= 15 is 0 Å².